The highest BCUT2D eigenvalue weighted by Gasteiger charge is 2.37. The lowest BCUT2D eigenvalue weighted by Crippen LogP contribution is -3.18. The van der Waals surface area contributed by atoms with Crippen LogP contribution in [0.5, 0.6) is 0 Å². The van der Waals surface area contributed by atoms with Crippen molar-refractivity contribution in [3.63, 3.8) is 0 Å². The van der Waals surface area contributed by atoms with Gasteiger partial charge in [0.2, 0.25) is 0 Å². The largest absolute Gasteiger partial charge is 0.324 e. The van der Waals surface area contributed by atoms with Gasteiger partial charge in [-0.1, -0.05) is 6.42 Å². The number of nitriles is 1. The summed E-state index contributed by atoms with van der Waals surface area (Å²) in [6.07, 6.45) is 7.89. The molecular formula is C16H22N3OS+. The molecule has 0 radical (unpaired) electrons. The molecule has 1 aromatic heterocycles. The zero-order chi connectivity index (χ0) is 14.7. The van der Waals surface area contributed by atoms with Crippen molar-refractivity contribution < 1.29 is 9.69 Å². The smallest absolute Gasteiger partial charge is 0.280 e. The number of amides is 1. The van der Waals surface area contributed by atoms with Gasteiger partial charge in [0, 0.05) is 5.92 Å². The van der Waals surface area contributed by atoms with Crippen LogP contribution in [0.1, 0.15) is 44.1 Å². The van der Waals surface area contributed by atoms with Gasteiger partial charge in [0.05, 0.1) is 18.2 Å². The van der Waals surface area contributed by atoms with E-state index in [2.05, 4.69) is 11.4 Å². The van der Waals surface area contributed by atoms with Crippen molar-refractivity contribution >= 4 is 22.2 Å². The molecule has 1 amide bonds. The highest BCUT2D eigenvalue weighted by Crippen LogP contribution is 2.28. The van der Waals surface area contributed by atoms with Crippen LogP contribution in [0.3, 0.4) is 0 Å². The first kappa shape index (κ1) is 14.6. The predicted molar refractivity (Wildman–Crippen MR) is 83.3 cm³/mol. The fourth-order valence-corrected chi connectivity index (χ4v) is 4.71. The molecule has 0 bridgehead atoms. The van der Waals surface area contributed by atoms with Gasteiger partial charge in [0.1, 0.15) is 11.1 Å². The van der Waals surface area contributed by atoms with Gasteiger partial charge in [0.25, 0.3) is 5.91 Å². The van der Waals surface area contributed by atoms with Crippen LogP contribution in [0.2, 0.25) is 0 Å². The molecule has 4 nitrogen and oxygen atoms in total. The molecule has 1 saturated carbocycles. The number of carbonyl (C=O) groups is 1. The normalized spacial score (nSPS) is 28.4. The summed E-state index contributed by atoms with van der Waals surface area (Å²) in [4.78, 5) is 13.7. The lowest BCUT2D eigenvalue weighted by atomic mass is 9.78. The molecule has 2 aliphatic rings. The summed E-state index contributed by atoms with van der Waals surface area (Å²) >= 11 is 1.42. The van der Waals surface area contributed by atoms with E-state index in [-0.39, 0.29) is 5.91 Å². The minimum absolute atomic E-state index is 0.0511. The molecule has 3 rings (SSSR count). The first-order valence-corrected chi connectivity index (χ1v) is 8.78. The topological polar surface area (TPSA) is 57.3 Å². The molecule has 112 valence electrons. The average molecular weight is 304 g/mol. The predicted octanol–water partition coefficient (Wildman–Crippen LogP) is 1.80. The van der Waals surface area contributed by atoms with Gasteiger partial charge in [0.15, 0.2) is 6.54 Å². The molecule has 1 unspecified atom stereocenters. The number of hydrogen-bond donors (Lipinski definition) is 2. The molecule has 1 saturated heterocycles. The Balaban J connectivity index is 1.60. The molecule has 5 heteroatoms. The van der Waals surface area contributed by atoms with Gasteiger partial charge in [-0.05, 0) is 43.6 Å². The van der Waals surface area contributed by atoms with Gasteiger partial charge in [-0.15, -0.1) is 11.3 Å². The Hall–Kier alpha value is -1.38. The third-order valence-corrected chi connectivity index (χ3v) is 5.76. The third-order valence-electron chi connectivity index (χ3n) is 4.93. The van der Waals surface area contributed by atoms with Crippen molar-refractivity contribution in [2.45, 2.75) is 44.6 Å². The molecular weight excluding hydrogens is 282 g/mol. The number of carbonyl (C=O) groups excluding carboxylic acids is 1. The lowest BCUT2D eigenvalue weighted by molar-refractivity contribution is -0.928. The number of quaternary nitrogens is 1. The van der Waals surface area contributed by atoms with Crippen molar-refractivity contribution in [2.24, 2.45) is 5.92 Å². The molecule has 2 fully saturated rings. The van der Waals surface area contributed by atoms with Crippen LogP contribution in [0.15, 0.2) is 11.4 Å². The number of rotatable bonds is 3. The first-order chi connectivity index (χ1) is 10.3. The highest BCUT2D eigenvalue weighted by molar-refractivity contribution is 7.14. The van der Waals surface area contributed by atoms with E-state index in [1.54, 1.807) is 6.07 Å². The number of likely N-dealkylation sites (tertiary alicyclic amines) is 1. The van der Waals surface area contributed by atoms with E-state index < -0.39 is 0 Å². The number of piperidine rings is 1. The fraction of sp³-hybridized carbons (Fsp3) is 0.625. The van der Waals surface area contributed by atoms with Crippen molar-refractivity contribution in [2.75, 3.05) is 18.4 Å². The number of hydrogen-bond acceptors (Lipinski definition) is 3. The Kier molecular flexibility index (Phi) is 4.57. The summed E-state index contributed by atoms with van der Waals surface area (Å²) < 4.78 is 0. The Labute approximate surface area is 129 Å². The minimum Gasteiger partial charge on any atom is -0.324 e. The van der Waals surface area contributed by atoms with E-state index in [4.69, 9.17) is 5.26 Å². The number of nitrogens with zero attached hydrogens (tertiary/aromatic N) is 1. The number of anilines is 1. The molecule has 3 atom stereocenters. The second-order valence-corrected chi connectivity index (χ2v) is 7.12. The first-order valence-electron chi connectivity index (χ1n) is 7.90. The van der Waals surface area contributed by atoms with Crippen LogP contribution in [-0.4, -0.2) is 25.0 Å². The quantitative estimate of drug-likeness (QED) is 0.894. The molecule has 2 N–H and O–H groups in total. The zero-order valence-electron chi connectivity index (χ0n) is 12.2. The maximum Gasteiger partial charge on any atom is 0.280 e. The van der Waals surface area contributed by atoms with E-state index in [1.165, 1.54) is 54.8 Å². The molecule has 1 aromatic rings. The monoisotopic (exact) mass is 304 g/mol. The summed E-state index contributed by atoms with van der Waals surface area (Å²) in [5.74, 6) is 0.877. The van der Waals surface area contributed by atoms with Crippen molar-refractivity contribution in [1.82, 2.24) is 0 Å². The van der Waals surface area contributed by atoms with Crippen LogP contribution in [0, 0.1) is 17.2 Å². The van der Waals surface area contributed by atoms with Crippen molar-refractivity contribution in [3.8, 4) is 6.07 Å². The molecule has 1 aliphatic heterocycles. The SMILES string of the molecule is N#Cc1ccsc1NC(=O)C[NH+]1CCC[C@H]2CCCC[C@@H]21. The Morgan fingerprint density at radius 1 is 1.38 bits per heavy atom. The summed E-state index contributed by atoms with van der Waals surface area (Å²) in [6.45, 7) is 1.66. The third kappa shape index (κ3) is 3.28. The van der Waals surface area contributed by atoms with Gasteiger partial charge in [-0.2, -0.15) is 5.26 Å². The highest BCUT2D eigenvalue weighted by atomic mass is 32.1. The van der Waals surface area contributed by atoms with Gasteiger partial charge >= 0.3 is 0 Å². The van der Waals surface area contributed by atoms with E-state index in [9.17, 15) is 4.79 Å². The van der Waals surface area contributed by atoms with E-state index in [0.29, 0.717) is 23.2 Å². The molecule has 2 heterocycles. The summed E-state index contributed by atoms with van der Waals surface area (Å²) in [5, 5.41) is 14.5. The van der Waals surface area contributed by atoms with Gasteiger partial charge in [-0.25, -0.2) is 0 Å². The van der Waals surface area contributed by atoms with Gasteiger partial charge in [-0.3, -0.25) is 4.79 Å². The Morgan fingerprint density at radius 2 is 2.19 bits per heavy atom. The lowest BCUT2D eigenvalue weighted by Gasteiger charge is -2.40. The van der Waals surface area contributed by atoms with Crippen LogP contribution < -0.4 is 10.2 Å². The standard InChI is InChI=1S/C16H21N3OS/c17-10-13-7-9-21-16(13)18-15(20)11-19-8-3-5-12-4-1-2-6-14(12)19/h7,9,12,14H,1-6,8,11H2,(H,18,20)/p+1/t12-,14+/m1/s1. The maximum absolute atomic E-state index is 12.3. The summed E-state index contributed by atoms with van der Waals surface area (Å²) in [6, 6.07) is 4.55. The summed E-state index contributed by atoms with van der Waals surface area (Å²) in [5.41, 5.74) is 0.567. The van der Waals surface area contributed by atoms with Crippen LogP contribution in [-0.2, 0) is 4.79 Å². The second-order valence-electron chi connectivity index (χ2n) is 6.20. The van der Waals surface area contributed by atoms with Crippen LogP contribution in [0.25, 0.3) is 0 Å². The van der Waals surface area contributed by atoms with E-state index in [1.807, 2.05) is 5.38 Å². The summed E-state index contributed by atoms with van der Waals surface area (Å²) in [7, 11) is 0. The maximum atomic E-state index is 12.3. The number of thiophene rings is 1. The minimum atomic E-state index is 0.0511. The molecule has 0 aromatic carbocycles. The Bertz CT molecular complexity index is 546. The fourth-order valence-electron chi connectivity index (χ4n) is 3.96. The number of nitrogens with one attached hydrogen (secondary N) is 2. The molecule has 0 spiro atoms. The van der Waals surface area contributed by atoms with Gasteiger partial charge < -0.3 is 10.2 Å². The number of fused-ring (bicyclic) bond motifs is 1. The van der Waals surface area contributed by atoms with Crippen LogP contribution in [0.4, 0.5) is 5.00 Å². The van der Waals surface area contributed by atoms with Crippen molar-refractivity contribution in [1.29, 1.82) is 5.26 Å². The van der Waals surface area contributed by atoms with Crippen LogP contribution >= 0.6 is 11.3 Å². The van der Waals surface area contributed by atoms with E-state index >= 15 is 0 Å². The average Bonchev–Trinajstić information content (AvgIpc) is 2.94. The zero-order valence-corrected chi connectivity index (χ0v) is 13.0. The molecule has 1 aliphatic carbocycles. The van der Waals surface area contributed by atoms with Crippen molar-refractivity contribution in [3.05, 3.63) is 17.0 Å². The Morgan fingerprint density at radius 3 is 3.05 bits per heavy atom. The molecule has 21 heavy (non-hydrogen) atoms. The van der Waals surface area contributed by atoms with E-state index in [0.717, 1.165) is 12.5 Å². The second kappa shape index (κ2) is 6.59.